The van der Waals surface area contributed by atoms with Gasteiger partial charge in [0.2, 0.25) is 5.91 Å². The summed E-state index contributed by atoms with van der Waals surface area (Å²) in [6, 6.07) is 7.52. The maximum absolute atomic E-state index is 12.6. The Kier molecular flexibility index (Phi) is 9.62. The van der Waals surface area contributed by atoms with Crippen LogP contribution in [0.4, 0.5) is 4.79 Å². The monoisotopic (exact) mass is 440 g/mol. The first-order chi connectivity index (χ1) is 14.0. The summed E-state index contributed by atoms with van der Waals surface area (Å²) in [5.41, 5.74) is 0.0789. The van der Waals surface area contributed by atoms with Crippen molar-refractivity contribution in [1.82, 2.24) is 9.80 Å². The van der Waals surface area contributed by atoms with E-state index in [9.17, 15) is 9.59 Å². The molecular weight excluding hydrogens is 408 g/mol. The molecule has 30 heavy (non-hydrogen) atoms. The molecule has 1 aromatic carbocycles. The predicted octanol–water partition coefficient (Wildman–Crippen LogP) is 4.27. The molecule has 0 spiro atoms. The number of hydrogen-bond donors (Lipinski definition) is 0. The highest BCUT2D eigenvalue weighted by molar-refractivity contribution is 6.30. The zero-order chi connectivity index (χ0) is 22.9. The van der Waals surface area contributed by atoms with Gasteiger partial charge in [-0.05, 0) is 51.8 Å². The lowest BCUT2D eigenvalue weighted by Gasteiger charge is -2.38. The quantitative estimate of drug-likeness (QED) is 0.639. The molecule has 8 heteroatoms. The lowest BCUT2D eigenvalue weighted by atomic mass is 9.97. The molecule has 1 unspecified atom stereocenters. The first kappa shape index (κ1) is 25.8. The van der Waals surface area contributed by atoms with Gasteiger partial charge in [0.25, 0.3) is 6.47 Å². The molecule has 1 heterocycles. The van der Waals surface area contributed by atoms with Gasteiger partial charge in [-0.3, -0.25) is 9.59 Å². The van der Waals surface area contributed by atoms with Gasteiger partial charge in [-0.25, -0.2) is 4.79 Å². The van der Waals surface area contributed by atoms with E-state index in [-0.39, 0.29) is 12.0 Å². The van der Waals surface area contributed by atoms with Gasteiger partial charge in [0, 0.05) is 31.1 Å². The molecule has 1 aromatic rings. The van der Waals surface area contributed by atoms with Gasteiger partial charge in [0.1, 0.15) is 5.60 Å². The van der Waals surface area contributed by atoms with Gasteiger partial charge in [-0.1, -0.05) is 30.7 Å². The molecule has 0 aliphatic carbocycles. The summed E-state index contributed by atoms with van der Waals surface area (Å²) in [5.74, 6) is 0.0773. The van der Waals surface area contributed by atoms with E-state index in [0.717, 1.165) is 12.0 Å². The van der Waals surface area contributed by atoms with Crippen molar-refractivity contribution in [3.05, 3.63) is 34.9 Å². The number of hydrogen-bond acceptors (Lipinski definition) is 5. The second-order valence-corrected chi connectivity index (χ2v) is 8.88. The van der Waals surface area contributed by atoms with Crippen LogP contribution < -0.4 is 0 Å². The van der Waals surface area contributed by atoms with Crippen molar-refractivity contribution in [1.29, 1.82) is 0 Å². The summed E-state index contributed by atoms with van der Waals surface area (Å²) >= 11 is 5.96. The minimum atomic E-state index is -0.529. The Hall–Kier alpha value is -2.28. The third-order valence-electron chi connectivity index (χ3n) is 4.71. The van der Waals surface area contributed by atoms with E-state index in [1.54, 1.807) is 4.90 Å². The van der Waals surface area contributed by atoms with E-state index in [0.29, 0.717) is 37.5 Å². The number of methoxy groups -OCH3 is 1. The van der Waals surface area contributed by atoms with Gasteiger partial charge in [0.15, 0.2) is 0 Å². The molecule has 0 N–H and O–H groups in total. The van der Waals surface area contributed by atoms with Gasteiger partial charge in [-0.2, -0.15) is 0 Å². The molecule has 2 amide bonds. The molecule has 0 radical (unpaired) electrons. The Labute approximate surface area is 184 Å². The average molecular weight is 441 g/mol. The van der Waals surface area contributed by atoms with E-state index >= 15 is 0 Å². The zero-order valence-corrected chi connectivity index (χ0v) is 19.5. The van der Waals surface area contributed by atoms with Crippen molar-refractivity contribution < 1.29 is 23.9 Å². The van der Waals surface area contributed by atoms with Crippen LogP contribution >= 0.6 is 11.6 Å². The Balaban J connectivity index is 0.00000103. The van der Waals surface area contributed by atoms with Crippen molar-refractivity contribution >= 4 is 30.1 Å². The number of ether oxygens (including phenoxy) is 2. The highest BCUT2D eigenvalue weighted by atomic mass is 35.5. The van der Waals surface area contributed by atoms with Crippen LogP contribution in [0, 0.1) is 0 Å². The van der Waals surface area contributed by atoms with Crippen LogP contribution in [-0.4, -0.2) is 59.6 Å². The fourth-order valence-electron chi connectivity index (χ4n) is 3.19. The maximum Gasteiger partial charge on any atom is 0.410 e. The van der Waals surface area contributed by atoms with Crippen LogP contribution in [0.1, 0.15) is 53.0 Å². The van der Waals surface area contributed by atoms with Gasteiger partial charge >= 0.3 is 6.09 Å². The number of amides is 2. The normalized spacial score (nSPS) is 18.2. The minimum absolute atomic E-state index is 0.0773. The summed E-state index contributed by atoms with van der Waals surface area (Å²) in [7, 11) is 1.31. The number of benzene rings is 1. The standard InChI is InChI=1S/C20H29ClN2O3.C2H4O2/c1-6-17(24)23(13-15-7-9-16(21)10-8-15)20(5)11-12-22(14-20)18(25)26-19(2,3)4;1-4-2-3/h7-10H,6,11-14H2,1-5H3;2H,1H3. The lowest BCUT2D eigenvalue weighted by molar-refractivity contribution is -0.137. The number of halogens is 1. The Morgan fingerprint density at radius 2 is 1.83 bits per heavy atom. The van der Waals surface area contributed by atoms with Gasteiger partial charge in [-0.15, -0.1) is 0 Å². The van der Waals surface area contributed by atoms with Crippen molar-refractivity contribution in [2.45, 2.75) is 65.1 Å². The van der Waals surface area contributed by atoms with Gasteiger partial charge < -0.3 is 19.3 Å². The molecule has 1 fully saturated rings. The first-order valence-corrected chi connectivity index (χ1v) is 10.3. The van der Waals surface area contributed by atoms with E-state index in [4.69, 9.17) is 21.1 Å². The molecule has 7 nitrogen and oxygen atoms in total. The van der Waals surface area contributed by atoms with E-state index < -0.39 is 11.1 Å². The minimum Gasteiger partial charge on any atom is -0.471 e. The SMILES string of the molecule is CCC(=O)N(Cc1ccc(Cl)cc1)C1(C)CCN(C(=O)OC(C)(C)C)C1.COC=O. The molecule has 1 aliphatic rings. The second-order valence-electron chi connectivity index (χ2n) is 8.44. The van der Waals surface area contributed by atoms with E-state index in [2.05, 4.69) is 4.74 Å². The first-order valence-electron chi connectivity index (χ1n) is 9.95. The van der Waals surface area contributed by atoms with Crippen LogP contribution in [0.5, 0.6) is 0 Å². The highest BCUT2D eigenvalue weighted by Gasteiger charge is 2.43. The number of likely N-dealkylation sites (tertiary alicyclic amines) is 1. The van der Waals surface area contributed by atoms with Crippen molar-refractivity contribution in [2.24, 2.45) is 0 Å². The topological polar surface area (TPSA) is 76.2 Å². The second kappa shape index (κ2) is 11.2. The zero-order valence-electron chi connectivity index (χ0n) is 18.7. The van der Waals surface area contributed by atoms with Crippen LogP contribution in [-0.2, 0) is 25.6 Å². The van der Waals surface area contributed by atoms with Crippen molar-refractivity contribution in [2.75, 3.05) is 20.2 Å². The van der Waals surface area contributed by atoms with Crippen LogP contribution in [0.15, 0.2) is 24.3 Å². The molecule has 0 saturated carbocycles. The molecule has 0 aromatic heterocycles. The third kappa shape index (κ3) is 7.86. The predicted molar refractivity (Wildman–Crippen MR) is 116 cm³/mol. The van der Waals surface area contributed by atoms with Crippen molar-refractivity contribution in [3.8, 4) is 0 Å². The molecule has 1 aliphatic heterocycles. The maximum atomic E-state index is 12.6. The molecule has 1 atom stereocenters. The van der Waals surface area contributed by atoms with Crippen LogP contribution in [0.25, 0.3) is 0 Å². The average Bonchev–Trinajstić information content (AvgIpc) is 3.09. The van der Waals surface area contributed by atoms with Crippen LogP contribution in [0.2, 0.25) is 5.02 Å². The molecule has 168 valence electrons. The number of carbonyl (C=O) groups is 3. The van der Waals surface area contributed by atoms with Crippen molar-refractivity contribution in [3.63, 3.8) is 0 Å². The highest BCUT2D eigenvalue weighted by Crippen LogP contribution is 2.31. The summed E-state index contributed by atoms with van der Waals surface area (Å²) in [6.07, 6.45) is 0.831. The number of nitrogens with zero attached hydrogens (tertiary/aromatic N) is 2. The smallest absolute Gasteiger partial charge is 0.410 e. The Morgan fingerprint density at radius 1 is 1.27 bits per heavy atom. The summed E-state index contributed by atoms with van der Waals surface area (Å²) in [6.45, 7) is 11.4. The number of rotatable bonds is 5. The number of carbonyl (C=O) groups excluding carboxylic acids is 3. The molecule has 2 rings (SSSR count). The van der Waals surface area contributed by atoms with Gasteiger partial charge in [0.05, 0.1) is 12.6 Å². The largest absolute Gasteiger partial charge is 0.471 e. The fraction of sp³-hybridized carbons (Fsp3) is 0.591. The summed E-state index contributed by atoms with van der Waals surface area (Å²) in [4.78, 5) is 37.6. The summed E-state index contributed by atoms with van der Waals surface area (Å²) < 4.78 is 9.34. The third-order valence-corrected chi connectivity index (χ3v) is 4.96. The fourth-order valence-corrected chi connectivity index (χ4v) is 3.32. The summed E-state index contributed by atoms with van der Waals surface area (Å²) in [5, 5.41) is 0.672. The lowest BCUT2D eigenvalue weighted by Crippen LogP contribution is -2.51. The van der Waals surface area contributed by atoms with E-state index in [1.165, 1.54) is 7.11 Å². The molecular formula is C22H33ClN2O5. The Bertz CT molecular complexity index is 717. The molecule has 1 saturated heterocycles. The van der Waals surface area contributed by atoms with Crippen LogP contribution in [0.3, 0.4) is 0 Å². The molecule has 0 bridgehead atoms. The Morgan fingerprint density at radius 3 is 2.30 bits per heavy atom. The van der Waals surface area contributed by atoms with E-state index in [1.807, 2.05) is 63.8 Å².